The molecule has 0 N–H and O–H groups in total. The zero-order valence-electron chi connectivity index (χ0n) is 15.6. The molecule has 1 heterocycles. The number of nitrogens with zero attached hydrogens (tertiary/aromatic N) is 1. The van der Waals surface area contributed by atoms with Gasteiger partial charge in [0.1, 0.15) is 5.75 Å². The Morgan fingerprint density at radius 1 is 1.23 bits per heavy atom. The van der Waals surface area contributed by atoms with E-state index in [2.05, 4.69) is 33.0 Å². The molecule has 2 atom stereocenters. The number of hydrogen-bond donors (Lipinski definition) is 0. The minimum Gasteiger partial charge on any atom is -0.497 e. The molecular weight excluding hydrogens is 390 g/mol. The summed E-state index contributed by atoms with van der Waals surface area (Å²) in [5, 5.41) is 0. The number of ether oxygens (including phenoxy) is 1. The minimum absolute atomic E-state index is 0.263. The van der Waals surface area contributed by atoms with Crippen LogP contribution in [-0.4, -0.2) is 28.8 Å². The van der Waals surface area contributed by atoms with Crippen LogP contribution in [0.1, 0.15) is 56.1 Å². The molecule has 0 radical (unpaired) electrons. The zero-order chi connectivity index (χ0) is 17.9. The summed E-state index contributed by atoms with van der Waals surface area (Å²) < 4.78 is 5.70. The molecule has 3 nitrogen and oxygen atoms in total. The summed E-state index contributed by atoms with van der Waals surface area (Å²) in [5.41, 5.74) is 2.88. The molecule has 1 aromatic carbocycles. The summed E-state index contributed by atoms with van der Waals surface area (Å²) in [6, 6.07) is 6.29. The summed E-state index contributed by atoms with van der Waals surface area (Å²) in [6.45, 7) is 1.61. The average Bonchev–Trinajstić information content (AvgIpc) is 2.58. The van der Waals surface area contributed by atoms with Gasteiger partial charge >= 0.3 is 0 Å². The van der Waals surface area contributed by atoms with Crippen LogP contribution in [0.5, 0.6) is 5.75 Å². The van der Waals surface area contributed by atoms with Gasteiger partial charge in [0.2, 0.25) is 5.91 Å². The molecule has 0 spiro atoms. The highest BCUT2D eigenvalue weighted by Crippen LogP contribution is 2.65. The molecule has 1 aromatic rings. The van der Waals surface area contributed by atoms with Crippen molar-refractivity contribution >= 4 is 21.8 Å². The van der Waals surface area contributed by atoms with E-state index in [9.17, 15) is 4.79 Å². The minimum atomic E-state index is 0.263. The molecule has 140 valence electrons. The van der Waals surface area contributed by atoms with Crippen molar-refractivity contribution in [2.75, 3.05) is 13.7 Å². The molecular formula is C22H28BrNO2. The highest BCUT2D eigenvalue weighted by atomic mass is 79.9. The number of hydrogen-bond acceptors (Lipinski definition) is 2. The first-order valence-corrected chi connectivity index (χ1v) is 10.9. The van der Waals surface area contributed by atoms with Gasteiger partial charge in [0.25, 0.3) is 0 Å². The third-order valence-corrected chi connectivity index (χ3v) is 8.34. The molecule has 4 heteroatoms. The topological polar surface area (TPSA) is 29.5 Å². The first kappa shape index (κ1) is 17.1. The van der Waals surface area contributed by atoms with Crippen LogP contribution < -0.4 is 4.74 Å². The van der Waals surface area contributed by atoms with E-state index in [4.69, 9.17) is 4.74 Å². The highest BCUT2D eigenvalue weighted by molar-refractivity contribution is 9.10. The van der Waals surface area contributed by atoms with Gasteiger partial charge in [-0.3, -0.25) is 4.79 Å². The van der Waals surface area contributed by atoms with Gasteiger partial charge in [-0.1, -0.05) is 22.0 Å². The van der Waals surface area contributed by atoms with E-state index in [0.29, 0.717) is 10.2 Å². The summed E-state index contributed by atoms with van der Waals surface area (Å²) in [7, 11) is 1.70. The maximum Gasteiger partial charge on any atom is 0.223 e. The van der Waals surface area contributed by atoms with Crippen LogP contribution in [0.15, 0.2) is 18.2 Å². The Labute approximate surface area is 164 Å². The fraction of sp³-hybridized carbons (Fsp3) is 0.682. The lowest BCUT2D eigenvalue weighted by atomic mass is 9.48. The lowest BCUT2D eigenvalue weighted by molar-refractivity contribution is -0.139. The Morgan fingerprint density at radius 3 is 2.69 bits per heavy atom. The molecule has 4 saturated carbocycles. The Kier molecular flexibility index (Phi) is 3.93. The maximum atomic E-state index is 13.2. The quantitative estimate of drug-likeness (QED) is 0.666. The van der Waals surface area contributed by atoms with Crippen molar-refractivity contribution < 1.29 is 9.53 Å². The normalized spacial score (nSPS) is 37.5. The highest BCUT2D eigenvalue weighted by Gasteiger charge is 2.57. The van der Waals surface area contributed by atoms with E-state index in [1.807, 2.05) is 6.07 Å². The first-order chi connectivity index (χ1) is 12.5. The number of rotatable bonds is 3. The number of amides is 1. The Bertz CT molecular complexity index is 732. The van der Waals surface area contributed by atoms with Gasteiger partial charge in [0, 0.05) is 23.8 Å². The van der Waals surface area contributed by atoms with Gasteiger partial charge in [-0.2, -0.15) is 0 Å². The molecule has 1 amide bonds. The predicted octanol–water partition coefficient (Wildman–Crippen LogP) is 4.70. The number of benzene rings is 1. The predicted molar refractivity (Wildman–Crippen MR) is 106 cm³/mol. The molecule has 1 aliphatic heterocycles. The van der Waals surface area contributed by atoms with Gasteiger partial charge < -0.3 is 9.64 Å². The number of methoxy groups -OCH3 is 1. The van der Waals surface area contributed by atoms with Gasteiger partial charge in [-0.15, -0.1) is 0 Å². The van der Waals surface area contributed by atoms with Crippen LogP contribution in [-0.2, 0) is 17.8 Å². The molecule has 0 saturated heterocycles. The van der Waals surface area contributed by atoms with Crippen molar-refractivity contribution in [3.05, 3.63) is 29.3 Å². The third-order valence-electron chi connectivity index (χ3n) is 7.42. The number of alkyl halides is 1. The van der Waals surface area contributed by atoms with Crippen LogP contribution >= 0.6 is 15.9 Å². The number of halogens is 1. The smallest absolute Gasteiger partial charge is 0.223 e. The van der Waals surface area contributed by atoms with Crippen molar-refractivity contribution in [3.63, 3.8) is 0 Å². The Hall–Kier alpha value is -1.03. The van der Waals surface area contributed by atoms with E-state index >= 15 is 0 Å². The molecule has 5 aliphatic rings. The zero-order valence-corrected chi connectivity index (χ0v) is 17.2. The Morgan fingerprint density at radius 2 is 2.00 bits per heavy atom. The summed E-state index contributed by atoms with van der Waals surface area (Å²) in [6.07, 6.45) is 9.55. The van der Waals surface area contributed by atoms with E-state index in [0.717, 1.165) is 43.5 Å². The van der Waals surface area contributed by atoms with E-state index < -0.39 is 0 Å². The van der Waals surface area contributed by atoms with Crippen molar-refractivity contribution in [2.45, 2.75) is 62.2 Å². The van der Waals surface area contributed by atoms with Crippen LogP contribution in [0.2, 0.25) is 0 Å². The molecule has 6 rings (SSSR count). The molecule has 4 aliphatic carbocycles. The molecule has 4 bridgehead atoms. The molecule has 4 fully saturated rings. The largest absolute Gasteiger partial charge is 0.497 e. The fourth-order valence-electron chi connectivity index (χ4n) is 6.85. The number of fused-ring (bicyclic) bond motifs is 1. The van der Waals surface area contributed by atoms with Gasteiger partial charge in [0.15, 0.2) is 0 Å². The third kappa shape index (κ3) is 2.89. The lowest BCUT2D eigenvalue weighted by Crippen LogP contribution is -2.54. The molecule has 2 unspecified atom stereocenters. The second-order valence-electron chi connectivity index (χ2n) is 9.49. The summed E-state index contributed by atoms with van der Waals surface area (Å²) >= 11 is 4.08. The van der Waals surface area contributed by atoms with Gasteiger partial charge in [-0.25, -0.2) is 0 Å². The summed E-state index contributed by atoms with van der Waals surface area (Å²) in [5.74, 6) is 2.95. The van der Waals surface area contributed by atoms with Gasteiger partial charge in [0.05, 0.1) is 7.11 Å². The van der Waals surface area contributed by atoms with Crippen LogP contribution in [0, 0.1) is 17.3 Å². The van der Waals surface area contributed by atoms with Crippen LogP contribution in [0.25, 0.3) is 0 Å². The second kappa shape index (κ2) is 5.98. The second-order valence-corrected chi connectivity index (χ2v) is 11.2. The van der Waals surface area contributed by atoms with E-state index in [1.165, 1.54) is 49.7 Å². The summed E-state index contributed by atoms with van der Waals surface area (Å²) in [4.78, 5) is 15.3. The molecule has 26 heavy (non-hydrogen) atoms. The molecule has 0 aromatic heterocycles. The Balaban J connectivity index is 1.32. The van der Waals surface area contributed by atoms with E-state index in [1.54, 1.807) is 7.11 Å². The van der Waals surface area contributed by atoms with Crippen LogP contribution in [0.3, 0.4) is 0 Å². The van der Waals surface area contributed by atoms with Crippen molar-refractivity contribution in [2.24, 2.45) is 17.3 Å². The van der Waals surface area contributed by atoms with E-state index in [-0.39, 0.29) is 5.41 Å². The lowest BCUT2D eigenvalue weighted by Gasteiger charge is -2.60. The van der Waals surface area contributed by atoms with Crippen molar-refractivity contribution in [1.82, 2.24) is 4.90 Å². The maximum absolute atomic E-state index is 13.2. The fourth-order valence-corrected chi connectivity index (χ4v) is 8.36. The SMILES string of the molecule is COc1ccc2c(c1)CN(C(=O)CC13CC4CC(CC(Br)(C4)C1)C3)CC2. The monoisotopic (exact) mass is 417 g/mol. The number of carbonyl (C=O) groups is 1. The first-order valence-electron chi connectivity index (χ1n) is 10.1. The average molecular weight is 418 g/mol. The van der Waals surface area contributed by atoms with Crippen molar-refractivity contribution in [1.29, 1.82) is 0 Å². The van der Waals surface area contributed by atoms with Crippen molar-refractivity contribution in [3.8, 4) is 5.75 Å². The standard InChI is InChI=1S/C22H28BrNO2/c1-26-19-3-2-17-4-5-24(13-18(17)7-19)20(25)12-21-8-15-6-16(9-21)11-22(23,10-15)14-21/h2-3,7,15-16H,4-6,8-14H2,1H3. The van der Waals surface area contributed by atoms with Crippen LogP contribution in [0.4, 0.5) is 0 Å². The number of carbonyl (C=O) groups excluding carboxylic acids is 1. The van der Waals surface area contributed by atoms with Gasteiger partial charge in [-0.05, 0) is 85.5 Å².